The Morgan fingerprint density at radius 3 is 2.91 bits per heavy atom. The SMILES string of the molecule is CCNC(=NCC1CC1)NCCc1c[nH]c2ccc(Cl)cc12.I. The second-order valence-corrected chi connectivity index (χ2v) is 6.28. The fraction of sp³-hybridized carbons (Fsp3) is 0.471. The van der Waals surface area contributed by atoms with Crippen molar-refractivity contribution in [2.24, 2.45) is 10.9 Å². The van der Waals surface area contributed by atoms with Crippen molar-refractivity contribution in [1.29, 1.82) is 0 Å². The highest BCUT2D eigenvalue weighted by molar-refractivity contribution is 14.0. The van der Waals surface area contributed by atoms with Gasteiger partial charge in [0.25, 0.3) is 0 Å². The molecule has 0 atom stereocenters. The van der Waals surface area contributed by atoms with Crippen molar-refractivity contribution in [2.75, 3.05) is 19.6 Å². The van der Waals surface area contributed by atoms with E-state index in [-0.39, 0.29) is 24.0 Å². The Morgan fingerprint density at radius 2 is 2.17 bits per heavy atom. The summed E-state index contributed by atoms with van der Waals surface area (Å²) in [5.74, 6) is 1.73. The third-order valence-corrected chi connectivity index (χ3v) is 4.20. The zero-order valence-electron chi connectivity index (χ0n) is 13.4. The maximum Gasteiger partial charge on any atom is 0.191 e. The normalized spacial score (nSPS) is 14.6. The number of aromatic amines is 1. The molecule has 0 amide bonds. The van der Waals surface area contributed by atoms with Crippen LogP contribution in [-0.4, -0.2) is 30.6 Å². The van der Waals surface area contributed by atoms with Crippen molar-refractivity contribution < 1.29 is 0 Å². The summed E-state index contributed by atoms with van der Waals surface area (Å²) in [6.45, 7) is 4.78. The van der Waals surface area contributed by atoms with Crippen LogP contribution in [0.2, 0.25) is 5.02 Å². The molecule has 0 saturated heterocycles. The minimum absolute atomic E-state index is 0. The second-order valence-electron chi connectivity index (χ2n) is 5.84. The Morgan fingerprint density at radius 1 is 1.35 bits per heavy atom. The van der Waals surface area contributed by atoms with Crippen molar-refractivity contribution in [3.8, 4) is 0 Å². The molecule has 0 spiro atoms. The number of nitrogens with zero attached hydrogens (tertiary/aromatic N) is 1. The summed E-state index contributed by atoms with van der Waals surface area (Å²) in [7, 11) is 0. The fourth-order valence-electron chi connectivity index (χ4n) is 2.54. The number of rotatable bonds is 6. The summed E-state index contributed by atoms with van der Waals surface area (Å²) in [6.07, 6.45) is 5.67. The predicted molar refractivity (Wildman–Crippen MR) is 109 cm³/mol. The lowest BCUT2D eigenvalue weighted by molar-refractivity contribution is 0.778. The van der Waals surface area contributed by atoms with Crippen molar-refractivity contribution in [1.82, 2.24) is 15.6 Å². The van der Waals surface area contributed by atoms with Gasteiger partial charge in [-0.2, -0.15) is 0 Å². The number of aromatic nitrogens is 1. The zero-order valence-corrected chi connectivity index (χ0v) is 16.4. The minimum Gasteiger partial charge on any atom is -0.361 e. The van der Waals surface area contributed by atoms with Crippen LogP contribution in [0.25, 0.3) is 10.9 Å². The number of aliphatic imine (C=N–C) groups is 1. The van der Waals surface area contributed by atoms with Gasteiger partial charge in [-0.1, -0.05) is 11.6 Å². The Labute approximate surface area is 159 Å². The molecule has 23 heavy (non-hydrogen) atoms. The minimum atomic E-state index is 0. The lowest BCUT2D eigenvalue weighted by Crippen LogP contribution is -2.38. The summed E-state index contributed by atoms with van der Waals surface area (Å²) in [5, 5.41) is 8.70. The van der Waals surface area contributed by atoms with E-state index in [1.54, 1.807) is 0 Å². The Hall–Kier alpha value is -0.950. The highest BCUT2D eigenvalue weighted by Gasteiger charge is 2.20. The molecule has 0 aliphatic heterocycles. The molecule has 3 rings (SSSR count). The van der Waals surface area contributed by atoms with Gasteiger partial charge in [0.1, 0.15) is 0 Å². The third-order valence-electron chi connectivity index (χ3n) is 3.96. The number of H-pyrrole nitrogens is 1. The van der Waals surface area contributed by atoms with E-state index in [4.69, 9.17) is 11.6 Å². The number of benzene rings is 1. The van der Waals surface area contributed by atoms with Gasteiger partial charge in [-0.05, 0) is 55.9 Å². The first-order chi connectivity index (χ1) is 10.8. The third kappa shape index (κ3) is 5.28. The smallest absolute Gasteiger partial charge is 0.191 e. The van der Waals surface area contributed by atoms with Crippen LogP contribution < -0.4 is 10.6 Å². The second kappa shape index (κ2) is 8.78. The molecule has 2 aromatic rings. The maximum absolute atomic E-state index is 6.09. The van der Waals surface area contributed by atoms with Crippen molar-refractivity contribution >= 4 is 52.4 Å². The van der Waals surface area contributed by atoms with Crippen LogP contribution in [0.3, 0.4) is 0 Å². The van der Waals surface area contributed by atoms with Crippen LogP contribution in [0.15, 0.2) is 29.4 Å². The number of fused-ring (bicyclic) bond motifs is 1. The average Bonchev–Trinajstić information content (AvgIpc) is 3.26. The molecule has 1 aliphatic carbocycles. The molecule has 126 valence electrons. The van der Waals surface area contributed by atoms with Gasteiger partial charge < -0.3 is 15.6 Å². The van der Waals surface area contributed by atoms with E-state index in [9.17, 15) is 0 Å². The van der Waals surface area contributed by atoms with Crippen LogP contribution in [0.4, 0.5) is 0 Å². The van der Waals surface area contributed by atoms with Gasteiger partial charge in [0.2, 0.25) is 0 Å². The van der Waals surface area contributed by atoms with Crippen molar-refractivity contribution in [3.05, 3.63) is 35.0 Å². The fourth-order valence-corrected chi connectivity index (χ4v) is 2.71. The van der Waals surface area contributed by atoms with Crippen LogP contribution in [0.1, 0.15) is 25.3 Å². The number of hydrogen-bond donors (Lipinski definition) is 3. The first-order valence-electron chi connectivity index (χ1n) is 8.04. The van der Waals surface area contributed by atoms with E-state index in [0.29, 0.717) is 0 Å². The number of nitrogens with one attached hydrogen (secondary N) is 3. The monoisotopic (exact) mass is 446 g/mol. The van der Waals surface area contributed by atoms with E-state index in [0.717, 1.165) is 48.5 Å². The summed E-state index contributed by atoms with van der Waals surface area (Å²) in [5.41, 5.74) is 2.41. The standard InChI is InChI=1S/C17H23ClN4.HI/c1-2-19-17(22-10-12-3-4-12)20-8-7-13-11-21-16-6-5-14(18)9-15(13)16;/h5-6,9,11-12,21H,2-4,7-8,10H2,1H3,(H2,19,20,22);1H. The van der Waals surface area contributed by atoms with Crippen molar-refractivity contribution in [3.63, 3.8) is 0 Å². The Balaban J connectivity index is 0.00000192. The molecule has 1 heterocycles. The largest absolute Gasteiger partial charge is 0.361 e. The van der Waals surface area contributed by atoms with Gasteiger partial charge in [-0.15, -0.1) is 24.0 Å². The van der Waals surface area contributed by atoms with Gasteiger partial charge in [0.05, 0.1) is 0 Å². The molecule has 1 fully saturated rings. The molecular formula is C17H24ClIN4. The summed E-state index contributed by atoms with van der Waals surface area (Å²) in [4.78, 5) is 7.93. The topological polar surface area (TPSA) is 52.2 Å². The molecule has 1 aromatic heterocycles. The van der Waals surface area contributed by atoms with Crippen molar-refractivity contribution in [2.45, 2.75) is 26.2 Å². The molecule has 0 bridgehead atoms. The quantitative estimate of drug-likeness (QED) is 0.357. The Bertz CT molecular complexity index is 664. The number of halogens is 2. The first-order valence-corrected chi connectivity index (χ1v) is 8.41. The van der Waals surface area contributed by atoms with Gasteiger partial charge in [-0.3, -0.25) is 4.99 Å². The molecule has 0 radical (unpaired) electrons. The molecular weight excluding hydrogens is 423 g/mol. The van der Waals surface area contributed by atoms with Gasteiger partial charge in [-0.25, -0.2) is 0 Å². The van der Waals surface area contributed by atoms with E-state index in [2.05, 4.69) is 33.7 Å². The van der Waals surface area contributed by atoms with Gasteiger partial charge >= 0.3 is 0 Å². The van der Waals surface area contributed by atoms with Crippen LogP contribution in [-0.2, 0) is 6.42 Å². The number of hydrogen-bond acceptors (Lipinski definition) is 1. The van der Waals surface area contributed by atoms with Gasteiger partial charge in [0, 0.05) is 41.8 Å². The lowest BCUT2D eigenvalue weighted by atomic mass is 10.1. The summed E-state index contributed by atoms with van der Waals surface area (Å²) >= 11 is 6.09. The van der Waals surface area contributed by atoms with E-state index >= 15 is 0 Å². The van der Waals surface area contributed by atoms with E-state index < -0.39 is 0 Å². The molecule has 3 N–H and O–H groups in total. The zero-order chi connectivity index (χ0) is 15.4. The molecule has 4 nitrogen and oxygen atoms in total. The van der Waals surface area contributed by atoms with Crippen LogP contribution in [0.5, 0.6) is 0 Å². The van der Waals surface area contributed by atoms with Crippen LogP contribution >= 0.6 is 35.6 Å². The highest BCUT2D eigenvalue weighted by atomic mass is 127. The average molecular weight is 447 g/mol. The molecule has 1 aliphatic rings. The van der Waals surface area contributed by atoms with E-state index in [1.807, 2.05) is 18.2 Å². The molecule has 1 saturated carbocycles. The maximum atomic E-state index is 6.09. The Kier molecular flexibility index (Phi) is 7.02. The number of guanidine groups is 1. The highest BCUT2D eigenvalue weighted by Crippen LogP contribution is 2.28. The summed E-state index contributed by atoms with van der Waals surface area (Å²) in [6, 6.07) is 5.96. The predicted octanol–water partition coefficient (Wildman–Crippen LogP) is 3.95. The first kappa shape index (κ1) is 18.4. The molecule has 1 aromatic carbocycles. The van der Waals surface area contributed by atoms with Crippen LogP contribution in [0, 0.1) is 5.92 Å². The van der Waals surface area contributed by atoms with E-state index in [1.165, 1.54) is 23.8 Å². The molecule has 6 heteroatoms. The van der Waals surface area contributed by atoms with Gasteiger partial charge in [0.15, 0.2) is 5.96 Å². The summed E-state index contributed by atoms with van der Waals surface area (Å²) < 4.78 is 0. The lowest BCUT2D eigenvalue weighted by Gasteiger charge is -2.11. The molecule has 0 unspecified atom stereocenters.